The van der Waals surface area contributed by atoms with E-state index >= 15 is 0 Å². The molecular formula is C26H28ClNO3. The number of ether oxygens (including phenoxy) is 2. The second-order valence-corrected chi connectivity index (χ2v) is 8.02. The normalized spacial score (nSPS) is 10.7. The fraction of sp³-hybridized carbons (Fsp3) is 0.269. The van der Waals surface area contributed by atoms with Gasteiger partial charge in [-0.1, -0.05) is 54.1 Å². The lowest BCUT2D eigenvalue weighted by Gasteiger charge is -2.13. The van der Waals surface area contributed by atoms with E-state index in [1.807, 2.05) is 62.4 Å². The number of halogens is 1. The first-order valence-corrected chi connectivity index (χ1v) is 10.9. The minimum Gasteiger partial charge on any atom is -0.491 e. The van der Waals surface area contributed by atoms with Crippen molar-refractivity contribution in [1.29, 1.82) is 0 Å². The summed E-state index contributed by atoms with van der Waals surface area (Å²) in [5, 5.41) is 3.47. The Bertz CT molecular complexity index is 989. The van der Waals surface area contributed by atoms with Gasteiger partial charge in [-0.15, -0.1) is 0 Å². The van der Waals surface area contributed by atoms with Gasteiger partial charge in [0.2, 0.25) is 0 Å². The summed E-state index contributed by atoms with van der Waals surface area (Å²) in [6, 6.07) is 23.0. The number of carbonyl (C=O) groups is 1. The minimum atomic E-state index is -0.192. The van der Waals surface area contributed by atoms with Gasteiger partial charge in [0.25, 0.3) is 5.91 Å². The van der Waals surface area contributed by atoms with Gasteiger partial charge in [-0.3, -0.25) is 4.79 Å². The van der Waals surface area contributed by atoms with Crippen LogP contribution in [0, 0.1) is 0 Å². The topological polar surface area (TPSA) is 47.6 Å². The molecule has 0 atom stereocenters. The summed E-state index contributed by atoms with van der Waals surface area (Å²) in [5.41, 5.74) is 2.66. The summed E-state index contributed by atoms with van der Waals surface area (Å²) < 4.78 is 11.6. The van der Waals surface area contributed by atoms with E-state index < -0.39 is 0 Å². The van der Waals surface area contributed by atoms with Crippen LogP contribution >= 0.6 is 11.6 Å². The van der Waals surface area contributed by atoms with Crippen molar-refractivity contribution in [2.75, 3.05) is 6.54 Å². The Kier molecular flexibility index (Phi) is 8.36. The molecule has 3 rings (SSSR count). The fourth-order valence-corrected chi connectivity index (χ4v) is 3.35. The zero-order valence-corrected chi connectivity index (χ0v) is 18.7. The predicted octanol–water partition coefficient (Wildman–Crippen LogP) is 6.07. The van der Waals surface area contributed by atoms with E-state index in [1.54, 1.807) is 18.2 Å². The zero-order valence-electron chi connectivity index (χ0n) is 17.9. The van der Waals surface area contributed by atoms with E-state index in [2.05, 4.69) is 11.4 Å². The highest BCUT2D eigenvalue weighted by molar-refractivity contribution is 6.31. The average molecular weight is 438 g/mol. The third kappa shape index (κ3) is 7.34. The quantitative estimate of drug-likeness (QED) is 0.391. The third-order valence-corrected chi connectivity index (χ3v) is 4.86. The molecule has 0 heterocycles. The van der Waals surface area contributed by atoms with Crippen molar-refractivity contribution in [3.8, 4) is 11.5 Å². The predicted molar refractivity (Wildman–Crippen MR) is 125 cm³/mol. The largest absolute Gasteiger partial charge is 0.491 e. The van der Waals surface area contributed by atoms with Gasteiger partial charge in [0.15, 0.2) is 0 Å². The Morgan fingerprint density at radius 2 is 1.74 bits per heavy atom. The van der Waals surface area contributed by atoms with Crippen LogP contribution in [-0.4, -0.2) is 18.6 Å². The van der Waals surface area contributed by atoms with Crippen LogP contribution < -0.4 is 14.8 Å². The Hall–Kier alpha value is -2.98. The smallest absolute Gasteiger partial charge is 0.255 e. The summed E-state index contributed by atoms with van der Waals surface area (Å²) in [6.07, 6.45) is 1.81. The first-order valence-electron chi connectivity index (χ1n) is 10.5. The number of hydrogen-bond acceptors (Lipinski definition) is 3. The van der Waals surface area contributed by atoms with E-state index in [0.717, 1.165) is 24.2 Å². The van der Waals surface area contributed by atoms with Crippen molar-refractivity contribution in [3.05, 3.63) is 94.5 Å². The number of aryl methyl sites for hydroxylation is 1. The molecule has 1 N–H and O–H groups in total. The van der Waals surface area contributed by atoms with E-state index in [9.17, 15) is 4.79 Å². The molecule has 0 aliphatic heterocycles. The molecule has 162 valence electrons. The van der Waals surface area contributed by atoms with Crippen LogP contribution in [0.25, 0.3) is 0 Å². The number of amides is 1. The molecule has 0 aromatic heterocycles. The summed E-state index contributed by atoms with van der Waals surface area (Å²) >= 11 is 6.12. The highest BCUT2D eigenvalue weighted by atomic mass is 35.5. The minimum absolute atomic E-state index is 0.144. The van der Waals surface area contributed by atoms with Gasteiger partial charge >= 0.3 is 0 Å². The summed E-state index contributed by atoms with van der Waals surface area (Å²) in [4.78, 5) is 12.7. The molecule has 5 heteroatoms. The van der Waals surface area contributed by atoms with Crippen molar-refractivity contribution in [2.24, 2.45) is 0 Å². The zero-order chi connectivity index (χ0) is 22.1. The second-order valence-electron chi connectivity index (χ2n) is 7.59. The molecule has 0 aliphatic rings. The maximum atomic E-state index is 12.7. The molecule has 0 saturated carbocycles. The molecule has 0 unspecified atom stereocenters. The Morgan fingerprint density at radius 1 is 0.968 bits per heavy atom. The van der Waals surface area contributed by atoms with Crippen LogP contribution in [-0.2, 0) is 13.0 Å². The molecule has 0 fully saturated rings. The first-order chi connectivity index (χ1) is 15.0. The number of benzene rings is 3. The standard InChI is InChI=1S/C26H28ClNO3/c1-19(2)31-23-12-6-10-20(16-23)11-7-15-28-26(29)24-17-22(27)13-14-25(24)30-18-21-8-4-3-5-9-21/h3-6,8-10,12-14,16-17,19H,7,11,15,18H2,1-2H3,(H,28,29). The lowest BCUT2D eigenvalue weighted by molar-refractivity contribution is 0.0948. The second kappa shape index (κ2) is 11.4. The van der Waals surface area contributed by atoms with E-state index in [0.29, 0.717) is 29.5 Å². The van der Waals surface area contributed by atoms with Gasteiger partial charge in [0.1, 0.15) is 18.1 Å². The van der Waals surface area contributed by atoms with Crippen LogP contribution in [0.1, 0.15) is 41.8 Å². The SMILES string of the molecule is CC(C)Oc1cccc(CCCNC(=O)c2cc(Cl)ccc2OCc2ccccc2)c1. The van der Waals surface area contributed by atoms with Gasteiger partial charge < -0.3 is 14.8 Å². The van der Waals surface area contributed by atoms with Crippen molar-refractivity contribution in [1.82, 2.24) is 5.32 Å². The van der Waals surface area contributed by atoms with Crippen LogP contribution in [0.15, 0.2) is 72.8 Å². The molecule has 4 nitrogen and oxygen atoms in total. The molecule has 3 aromatic carbocycles. The highest BCUT2D eigenvalue weighted by Gasteiger charge is 2.13. The molecular weight excluding hydrogens is 410 g/mol. The van der Waals surface area contributed by atoms with Crippen molar-refractivity contribution in [3.63, 3.8) is 0 Å². The van der Waals surface area contributed by atoms with Crippen molar-refractivity contribution >= 4 is 17.5 Å². The Balaban J connectivity index is 1.53. The van der Waals surface area contributed by atoms with Gasteiger partial charge in [-0.2, -0.15) is 0 Å². The van der Waals surface area contributed by atoms with Gasteiger partial charge in [-0.25, -0.2) is 0 Å². The maximum absolute atomic E-state index is 12.7. The summed E-state index contributed by atoms with van der Waals surface area (Å²) in [7, 11) is 0. The summed E-state index contributed by atoms with van der Waals surface area (Å²) in [6.45, 7) is 4.96. The average Bonchev–Trinajstić information content (AvgIpc) is 2.76. The maximum Gasteiger partial charge on any atom is 0.255 e. The monoisotopic (exact) mass is 437 g/mol. The van der Waals surface area contributed by atoms with Crippen LogP contribution in [0.3, 0.4) is 0 Å². The third-order valence-electron chi connectivity index (χ3n) is 4.62. The Labute approximate surface area is 189 Å². The van der Waals surface area contributed by atoms with E-state index in [-0.39, 0.29) is 12.0 Å². The van der Waals surface area contributed by atoms with E-state index in [4.69, 9.17) is 21.1 Å². The molecule has 0 aliphatic carbocycles. The number of carbonyl (C=O) groups excluding carboxylic acids is 1. The number of hydrogen-bond donors (Lipinski definition) is 1. The molecule has 31 heavy (non-hydrogen) atoms. The highest BCUT2D eigenvalue weighted by Crippen LogP contribution is 2.24. The fourth-order valence-electron chi connectivity index (χ4n) is 3.18. The number of nitrogens with one attached hydrogen (secondary N) is 1. The number of rotatable bonds is 10. The summed E-state index contributed by atoms with van der Waals surface area (Å²) in [5.74, 6) is 1.20. The van der Waals surface area contributed by atoms with Gasteiger partial charge in [-0.05, 0) is 68.1 Å². The lowest BCUT2D eigenvalue weighted by atomic mass is 10.1. The molecule has 0 saturated heterocycles. The van der Waals surface area contributed by atoms with Gasteiger partial charge in [0, 0.05) is 11.6 Å². The van der Waals surface area contributed by atoms with Crippen molar-refractivity contribution < 1.29 is 14.3 Å². The lowest BCUT2D eigenvalue weighted by Crippen LogP contribution is -2.25. The van der Waals surface area contributed by atoms with Crippen LogP contribution in [0.5, 0.6) is 11.5 Å². The molecule has 1 amide bonds. The van der Waals surface area contributed by atoms with Crippen LogP contribution in [0.2, 0.25) is 5.02 Å². The molecule has 0 spiro atoms. The van der Waals surface area contributed by atoms with Crippen molar-refractivity contribution in [2.45, 2.75) is 39.4 Å². The van der Waals surface area contributed by atoms with Gasteiger partial charge in [0.05, 0.1) is 11.7 Å². The van der Waals surface area contributed by atoms with Crippen LogP contribution in [0.4, 0.5) is 0 Å². The van der Waals surface area contributed by atoms with E-state index in [1.165, 1.54) is 5.56 Å². The molecule has 0 radical (unpaired) electrons. The molecule has 0 bridgehead atoms. The Morgan fingerprint density at radius 3 is 2.52 bits per heavy atom. The molecule has 3 aromatic rings. The first kappa shape index (κ1) is 22.7.